The summed E-state index contributed by atoms with van der Waals surface area (Å²) < 4.78 is 5.16. The van der Waals surface area contributed by atoms with Gasteiger partial charge in [-0.1, -0.05) is 11.6 Å². The van der Waals surface area contributed by atoms with Gasteiger partial charge < -0.3 is 9.64 Å². The predicted octanol–water partition coefficient (Wildman–Crippen LogP) is 2.54. The Morgan fingerprint density at radius 1 is 1.53 bits per heavy atom. The first-order valence-electron chi connectivity index (χ1n) is 6.52. The van der Waals surface area contributed by atoms with Crippen molar-refractivity contribution < 1.29 is 9.53 Å². The summed E-state index contributed by atoms with van der Waals surface area (Å²) in [6, 6.07) is 1.73. The Balaban J connectivity index is 2.01. The summed E-state index contributed by atoms with van der Waals surface area (Å²) in [7, 11) is 1.72. The Bertz CT molecular complexity index is 457. The molecule has 0 aliphatic carbocycles. The fourth-order valence-corrected chi connectivity index (χ4v) is 2.68. The van der Waals surface area contributed by atoms with Crippen molar-refractivity contribution in [1.29, 1.82) is 0 Å². The smallest absolute Gasteiger partial charge is 0.256 e. The van der Waals surface area contributed by atoms with Crippen molar-refractivity contribution in [3.63, 3.8) is 0 Å². The van der Waals surface area contributed by atoms with E-state index in [2.05, 4.69) is 4.98 Å². The normalized spacial score (nSPS) is 16.7. The van der Waals surface area contributed by atoms with Crippen molar-refractivity contribution >= 4 is 17.5 Å². The molecule has 1 aromatic rings. The molecule has 104 valence electrons. The predicted molar refractivity (Wildman–Crippen MR) is 74.5 cm³/mol. The SMILES string of the molecule is COCC1CCN(C(=O)c2cnc(C)cc2Cl)CC1. The molecule has 2 rings (SSSR count). The van der Waals surface area contributed by atoms with Crippen molar-refractivity contribution in [3.05, 3.63) is 28.5 Å². The average Bonchev–Trinajstić information content (AvgIpc) is 2.39. The lowest BCUT2D eigenvalue weighted by molar-refractivity contribution is 0.0613. The van der Waals surface area contributed by atoms with E-state index in [0.29, 0.717) is 16.5 Å². The quantitative estimate of drug-likeness (QED) is 0.856. The van der Waals surface area contributed by atoms with Gasteiger partial charge in [-0.3, -0.25) is 9.78 Å². The van der Waals surface area contributed by atoms with Crippen molar-refractivity contribution in [1.82, 2.24) is 9.88 Å². The highest BCUT2D eigenvalue weighted by Gasteiger charge is 2.24. The zero-order valence-corrected chi connectivity index (χ0v) is 12.1. The van der Waals surface area contributed by atoms with E-state index in [1.165, 1.54) is 0 Å². The van der Waals surface area contributed by atoms with Gasteiger partial charge in [0.25, 0.3) is 5.91 Å². The molecule has 0 saturated carbocycles. The Labute approximate surface area is 118 Å². The molecule has 1 aliphatic heterocycles. The van der Waals surface area contributed by atoms with Gasteiger partial charge in [-0.25, -0.2) is 0 Å². The van der Waals surface area contributed by atoms with E-state index < -0.39 is 0 Å². The van der Waals surface area contributed by atoms with Crippen LogP contribution in [0.15, 0.2) is 12.3 Å². The number of amides is 1. The van der Waals surface area contributed by atoms with E-state index in [-0.39, 0.29) is 5.91 Å². The summed E-state index contributed by atoms with van der Waals surface area (Å²) in [5.74, 6) is 0.536. The molecule has 1 amide bonds. The van der Waals surface area contributed by atoms with E-state index in [1.54, 1.807) is 19.4 Å². The van der Waals surface area contributed by atoms with E-state index in [4.69, 9.17) is 16.3 Å². The Kier molecular flexibility index (Phi) is 4.77. The van der Waals surface area contributed by atoms with Crippen LogP contribution in [0.5, 0.6) is 0 Å². The third kappa shape index (κ3) is 3.45. The van der Waals surface area contributed by atoms with Crippen molar-refractivity contribution in [2.24, 2.45) is 5.92 Å². The lowest BCUT2D eigenvalue weighted by Crippen LogP contribution is -2.39. The van der Waals surface area contributed by atoms with Crippen LogP contribution < -0.4 is 0 Å². The van der Waals surface area contributed by atoms with Crippen LogP contribution in [0.2, 0.25) is 5.02 Å². The zero-order valence-electron chi connectivity index (χ0n) is 11.4. The first kappa shape index (κ1) is 14.3. The lowest BCUT2D eigenvalue weighted by atomic mass is 9.97. The number of rotatable bonds is 3. The van der Waals surface area contributed by atoms with Crippen LogP contribution in [0.1, 0.15) is 28.9 Å². The first-order chi connectivity index (χ1) is 9.11. The molecule has 0 aromatic carbocycles. The first-order valence-corrected chi connectivity index (χ1v) is 6.90. The molecule has 0 bridgehead atoms. The highest BCUT2D eigenvalue weighted by atomic mass is 35.5. The summed E-state index contributed by atoms with van der Waals surface area (Å²) in [6.07, 6.45) is 3.54. The molecule has 1 saturated heterocycles. The maximum Gasteiger partial charge on any atom is 0.256 e. The number of methoxy groups -OCH3 is 1. The molecule has 0 N–H and O–H groups in total. The minimum atomic E-state index is -0.0200. The number of carbonyl (C=O) groups is 1. The average molecular weight is 283 g/mol. The monoisotopic (exact) mass is 282 g/mol. The molecule has 0 radical (unpaired) electrons. The number of pyridine rings is 1. The zero-order chi connectivity index (χ0) is 13.8. The second-order valence-electron chi connectivity index (χ2n) is 5.00. The minimum Gasteiger partial charge on any atom is -0.384 e. The number of nitrogens with zero attached hydrogens (tertiary/aromatic N) is 2. The molecule has 19 heavy (non-hydrogen) atoms. The highest BCUT2D eigenvalue weighted by Crippen LogP contribution is 2.22. The largest absolute Gasteiger partial charge is 0.384 e. The third-order valence-corrected chi connectivity index (χ3v) is 3.84. The third-order valence-electron chi connectivity index (χ3n) is 3.52. The summed E-state index contributed by atoms with van der Waals surface area (Å²) in [5, 5.41) is 0.483. The van der Waals surface area contributed by atoms with Gasteiger partial charge in [-0.05, 0) is 31.7 Å². The number of likely N-dealkylation sites (tertiary alicyclic amines) is 1. The van der Waals surface area contributed by atoms with Crippen LogP contribution >= 0.6 is 11.6 Å². The van der Waals surface area contributed by atoms with Crippen LogP contribution in [-0.2, 0) is 4.74 Å². The maximum atomic E-state index is 12.4. The standard InChI is InChI=1S/C14H19ClN2O2/c1-10-7-13(15)12(8-16-10)14(18)17-5-3-11(4-6-17)9-19-2/h7-8,11H,3-6,9H2,1-2H3. The molecule has 2 heterocycles. The summed E-state index contributed by atoms with van der Waals surface area (Å²) in [4.78, 5) is 18.4. The molecule has 0 spiro atoms. The van der Waals surface area contributed by atoms with Gasteiger partial charge >= 0.3 is 0 Å². The number of aryl methyl sites for hydroxylation is 1. The molecule has 1 fully saturated rings. The summed E-state index contributed by atoms with van der Waals surface area (Å²) in [5.41, 5.74) is 1.32. The van der Waals surface area contributed by atoms with Crippen LogP contribution in [-0.4, -0.2) is 42.6 Å². The van der Waals surface area contributed by atoms with E-state index in [1.807, 2.05) is 11.8 Å². The highest BCUT2D eigenvalue weighted by molar-refractivity contribution is 6.33. The van der Waals surface area contributed by atoms with Crippen molar-refractivity contribution in [2.45, 2.75) is 19.8 Å². The topological polar surface area (TPSA) is 42.4 Å². The Morgan fingerprint density at radius 3 is 2.79 bits per heavy atom. The number of hydrogen-bond acceptors (Lipinski definition) is 3. The number of aromatic nitrogens is 1. The van der Waals surface area contributed by atoms with Crippen LogP contribution in [0.3, 0.4) is 0 Å². The summed E-state index contributed by atoms with van der Waals surface area (Å²) in [6.45, 7) is 4.15. The Morgan fingerprint density at radius 2 is 2.21 bits per heavy atom. The molecular formula is C14H19ClN2O2. The van der Waals surface area contributed by atoms with Crippen LogP contribution in [0.4, 0.5) is 0 Å². The number of ether oxygens (including phenoxy) is 1. The second-order valence-corrected chi connectivity index (χ2v) is 5.40. The number of hydrogen-bond donors (Lipinski definition) is 0. The maximum absolute atomic E-state index is 12.4. The second kappa shape index (κ2) is 6.35. The van der Waals surface area contributed by atoms with Gasteiger partial charge in [0.15, 0.2) is 0 Å². The fourth-order valence-electron chi connectivity index (χ4n) is 2.39. The number of halogens is 1. The number of carbonyl (C=O) groups excluding carboxylic acids is 1. The Hall–Kier alpha value is -1.13. The van der Waals surface area contributed by atoms with E-state index >= 15 is 0 Å². The van der Waals surface area contributed by atoms with Gasteiger partial charge in [0.05, 0.1) is 10.6 Å². The van der Waals surface area contributed by atoms with Gasteiger partial charge in [0.2, 0.25) is 0 Å². The number of piperidine rings is 1. The van der Waals surface area contributed by atoms with Crippen molar-refractivity contribution in [2.75, 3.05) is 26.8 Å². The molecule has 5 heteroatoms. The molecule has 4 nitrogen and oxygen atoms in total. The van der Waals surface area contributed by atoms with Gasteiger partial charge in [-0.15, -0.1) is 0 Å². The molecular weight excluding hydrogens is 264 g/mol. The molecule has 0 unspecified atom stereocenters. The van der Waals surface area contributed by atoms with Crippen LogP contribution in [0, 0.1) is 12.8 Å². The molecule has 0 atom stereocenters. The lowest BCUT2D eigenvalue weighted by Gasteiger charge is -2.31. The van der Waals surface area contributed by atoms with Crippen LogP contribution in [0.25, 0.3) is 0 Å². The fraction of sp³-hybridized carbons (Fsp3) is 0.571. The van der Waals surface area contributed by atoms with E-state index in [0.717, 1.165) is 38.2 Å². The van der Waals surface area contributed by atoms with Crippen molar-refractivity contribution in [3.8, 4) is 0 Å². The molecule has 1 aromatic heterocycles. The van der Waals surface area contributed by atoms with Gasteiger partial charge in [-0.2, -0.15) is 0 Å². The molecule has 1 aliphatic rings. The van der Waals surface area contributed by atoms with E-state index in [9.17, 15) is 4.79 Å². The summed E-state index contributed by atoms with van der Waals surface area (Å²) >= 11 is 6.11. The van der Waals surface area contributed by atoms with Gasteiger partial charge in [0, 0.05) is 38.7 Å². The minimum absolute atomic E-state index is 0.0200. The van der Waals surface area contributed by atoms with Gasteiger partial charge in [0.1, 0.15) is 0 Å².